The molecule has 0 saturated carbocycles. The van der Waals surface area contributed by atoms with E-state index in [2.05, 4.69) is 45.0 Å². The molecule has 3 heteroatoms. The maximum absolute atomic E-state index is 12.9. The van der Waals surface area contributed by atoms with E-state index in [9.17, 15) is 4.79 Å². The molecule has 0 spiro atoms. The molecule has 1 unspecified atom stereocenters. The highest BCUT2D eigenvalue weighted by Gasteiger charge is 2.25. The number of benzene rings is 2. The molecule has 0 bridgehead atoms. The highest BCUT2D eigenvalue weighted by molar-refractivity contribution is 5.77. The zero-order valence-electron chi connectivity index (χ0n) is 14.9. The number of nitrogens with two attached hydrogens (primary N) is 1. The second kappa shape index (κ2) is 8.11. The summed E-state index contributed by atoms with van der Waals surface area (Å²) in [6, 6.07) is 20.0. The van der Waals surface area contributed by atoms with Crippen molar-refractivity contribution in [2.24, 2.45) is 11.1 Å². The molecule has 2 rings (SSSR count). The molecule has 0 aliphatic heterocycles. The van der Waals surface area contributed by atoms with Crippen molar-refractivity contribution < 1.29 is 4.79 Å². The molecule has 0 radical (unpaired) electrons. The highest BCUT2D eigenvalue weighted by atomic mass is 16.2. The lowest BCUT2D eigenvalue weighted by Gasteiger charge is -2.30. The molecule has 0 heterocycles. The first-order chi connectivity index (χ1) is 11.4. The van der Waals surface area contributed by atoms with Crippen LogP contribution in [-0.2, 0) is 17.9 Å². The Morgan fingerprint density at radius 1 is 0.917 bits per heavy atom. The molecule has 0 fully saturated rings. The minimum absolute atomic E-state index is 0.0825. The van der Waals surface area contributed by atoms with Crippen LogP contribution >= 0.6 is 0 Å². The van der Waals surface area contributed by atoms with Gasteiger partial charge in [0, 0.05) is 25.6 Å². The van der Waals surface area contributed by atoms with Crippen LogP contribution in [-0.4, -0.2) is 16.8 Å². The van der Waals surface area contributed by atoms with Crippen molar-refractivity contribution in [3.8, 4) is 0 Å². The number of nitrogens with zero attached hydrogens (tertiary/aromatic N) is 1. The summed E-state index contributed by atoms with van der Waals surface area (Å²) in [6.07, 6.45) is 0.364. The van der Waals surface area contributed by atoms with Gasteiger partial charge in [-0.1, -0.05) is 81.4 Å². The standard InChI is InChI=1S/C21H28N2O/c1-21(2,3)19(22)14-20(24)23(15-17-10-6-4-7-11-17)16-18-12-8-5-9-13-18/h4-13,19H,14-16,22H2,1-3H3. The van der Waals surface area contributed by atoms with Gasteiger partial charge in [-0.25, -0.2) is 0 Å². The summed E-state index contributed by atoms with van der Waals surface area (Å²) in [7, 11) is 0. The Hall–Kier alpha value is -2.13. The third-order valence-electron chi connectivity index (χ3n) is 4.29. The molecule has 128 valence electrons. The van der Waals surface area contributed by atoms with Crippen molar-refractivity contribution in [3.05, 3.63) is 71.8 Å². The largest absolute Gasteiger partial charge is 0.334 e. The first kappa shape index (κ1) is 18.2. The molecule has 2 N–H and O–H groups in total. The van der Waals surface area contributed by atoms with E-state index in [0.717, 1.165) is 11.1 Å². The third-order valence-corrected chi connectivity index (χ3v) is 4.29. The minimum Gasteiger partial charge on any atom is -0.334 e. The summed E-state index contributed by atoms with van der Waals surface area (Å²) in [5.74, 6) is 0.102. The average molecular weight is 324 g/mol. The number of hydrogen-bond donors (Lipinski definition) is 1. The summed E-state index contributed by atoms with van der Waals surface area (Å²) in [5, 5.41) is 0. The lowest BCUT2D eigenvalue weighted by molar-refractivity contribution is -0.133. The molecule has 0 aliphatic rings. The second-order valence-electron chi connectivity index (χ2n) is 7.40. The van der Waals surface area contributed by atoms with E-state index >= 15 is 0 Å². The fourth-order valence-electron chi connectivity index (χ4n) is 2.46. The van der Waals surface area contributed by atoms with Crippen LogP contribution in [0.4, 0.5) is 0 Å². The Bertz CT molecular complexity index is 590. The van der Waals surface area contributed by atoms with Crippen molar-refractivity contribution in [1.29, 1.82) is 0 Å². The summed E-state index contributed by atoms with van der Waals surface area (Å²) < 4.78 is 0. The number of carbonyl (C=O) groups excluding carboxylic acids is 1. The zero-order chi connectivity index (χ0) is 17.6. The topological polar surface area (TPSA) is 46.3 Å². The van der Waals surface area contributed by atoms with Gasteiger partial charge >= 0.3 is 0 Å². The predicted molar refractivity (Wildman–Crippen MR) is 99.2 cm³/mol. The van der Waals surface area contributed by atoms with Gasteiger partial charge in [0.2, 0.25) is 5.91 Å². The summed E-state index contributed by atoms with van der Waals surface area (Å²) >= 11 is 0. The van der Waals surface area contributed by atoms with Gasteiger partial charge in [0.15, 0.2) is 0 Å². The van der Waals surface area contributed by atoms with E-state index < -0.39 is 0 Å². The Morgan fingerprint density at radius 3 is 1.71 bits per heavy atom. The SMILES string of the molecule is CC(C)(C)C(N)CC(=O)N(Cc1ccccc1)Cc1ccccc1. The van der Waals surface area contributed by atoms with Crippen molar-refractivity contribution in [1.82, 2.24) is 4.90 Å². The van der Waals surface area contributed by atoms with Crippen LogP contribution in [0, 0.1) is 5.41 Å². The minimum atomic E-state index is -0.154. The Morgan fingerprint density at radius 2 is 1.33 bits per heavy atom. The molecule has 0 aromatic heterocycles. The Balaban J connectivity index is 2.14. The molecule has 2 aromatic rings. The number of carbonyl (C=O) groups is 1. The fourth-order valence-corrected chi connectivity index (χ4v) is 2.46. The van der Waals surface area contributed by atoms with Gasteiger partial charge in [0.05, 0.1) is 0 Å². The van der Waals surface area contributed by atoms with Gasteiger partial charge in [-0.3, -0.25) is 4.79 Å². The predicted octanol–water partition coefficient (Wildman–Crippen LogP) is 3.98. The van der Waals surface area contributed by atoms with Crippen molar-refractivity contribution in [3.63, 3.8) is 0 Å². The monoisotopic (exact) mass is 324 g/mol. The van der Waals surface area contributed by atoms with Gasteiger partial charge in [-0.05, 0) is 16.5 Å². The molecule has 0 aliphatic carbocycles. The van der Waals surface area contributed by atoms with E-state index in [1.807, 2.05) is 41.3 Å². The number of rotatable bonds is 6. The normalized spacial score (nSPS) is 12.7. The van der Waals surface area contributed by atoms with Crippen molar-refractivity contribution in [2.45, 2.75) is 46.3 Å². The van der Waals surface area contributed by atoms with Crippen LogP contribution in [0.3, 0.4) is 0 Å². The average Bonchev–Trinajstić information content (AvgIpc) is 2.55. The molecular weight excluding hydrogens is 296 g/mol. The highest BCUT2D eigenvalue weighted by Crippen LogP contribution is 2.21. The maximum Gasteiger partial charge on any atom is 0.224 e. The summed E-state index contributed by atoms with van der Waals surface area (Å²) in [6.45, 7) is 7.42. The fraction of sp³-hybridized carbons (Fsp3) is 0.381. The lowest BCUT2D eigenvalue weighted by Crippen LogP contribution is -2.41. The molecule has 3 nitrogen and oxygen atoms in total. The van der Waals surface area contributed by atoms with Crippen molar-refractivity contribution in [2.75, 3.05) is 0 Å². The smallest absolute Gasteiger partial charge is 0.224 e. The van der Waals surface area contributed by atoms with Gasteiger partial charge in [-0.2, -0.15) is 0 Å². The zero-order valence-corrected chi connectivity index (χ0v) is 14.9. The van der Waals surface area contributed by atoms with E-state index in [1.165, 1.54) is 0 Å². The van der Waals surface area contributed by atoms with Crippen LogP contribution in [0.15, 0.2) is 60.7 Å². The first-order valence-electron chi connectivity index (χ1n) is 8.47. The quantitative estimate of drug-likeness (QED) is 0.873. The van der Waals surface area contributed by atoms with Crippen LogP contribution < -0.4 is 5.73 Å². The van der Waals surface area contributed by atoms with E-state index in [1.54, 1.807) is 0 Å². The number of hydrogen-bond acceptors (Lipinski definition) is 2. The van der Waals surface area contributed by atoms with Crippen LogP contribution in [0.25, 0.3) is 0 Å². The second-order valence-corrected chi connectivity index (χ2v) is 7.40. The molecule has 24 heavy (non-hydrogen) atoms. The number of amides is 1. The van der Waals surface area contributed by atoms with E-state index in [0.29, 0.717) is 19.5 Å². The van der Waals surface area contributed by atoms with Gasteiger partial charge in [0.25, 0.3) is 0 Å². The van der Waals surface area contributed by atoms with Crippen LogP contribution in [0.5, 0.6) is 0 Å². The Labute approximate surface area is 145 Å². The molecule has 1 atom stereocenters. The molecule has 0 saturated heterocycles. The summed E-state index contributed by atoms with van der Waals surface area (Å²) in [5.41, 5.74) is 8.41. The Kier molecular flexibility index (Phi) is 6.16. The van der Waals surface area contributed by atoms with Gasteiger partial charge in [0.1, 0.15) is 0 Å². The molecule has 2 aromatic carbocycles. The lowest BCUT2D eigenvalue weighted by atomic mass is 9.85. The van der Waals surface area contributed by atoms with Crippen molar-refractivity contribution >= 4 is 5.91 Å². The van der Waals surface area contributed by atoms with E-state index in [-0.39, 0.29) is 17.4 Å². The molecular formula is C21H28N2O. The molecule has 1 amide bonds. The van der Waals surface area contributed by atoms with Crippen LogP contribution in [0.2, 0.25) is 0 Å². The van der Waals surface area contributed by atoms with Gasteiger partial charge in [-0.15, -0.1) is 0 Å². The van der Waals surface area contributed by atoms with Crippen LogP contribution in [0.1, 0.15) is 38.3 Å². The van der Waals surface area contributed by atoms with E-state index in [4.69, 9.17) is 5.73 Å². The maximum atomic E-state index is 12.9. The summed E-state index contributed by atoms with van der Waals surface area (Å²) in [4.78, 5) is 14.8. The first-order valence-corrected chi connectivity index (χ1v) is 8.47. The van der Waals surface area contributed by atoms with Gasteiger partial charge < -0.3 is 10.6 Å². The third kappa shape index (κ3) is 5.50.